The third kappa shape index (κ3) is 2.11. The highest BCUT2D eigenvalue weighted by molar-refractivity contribution is 7.09. The second-order valence-electron chi connectivity index (χ2n) is 4.03. The third-order valence-electron chi connectivity index (χ3n) is 2.80. The van der Waals surface area contributed by atoms with E-state index in [1.54, 1.807) is 29.5 Å². The van der Waals surface area contributed by atoms with Crippen molar-refractivity contribution in [2.24, 2.45) is 0 Å². The molecule has 0 aliphatic carbocycles. The normalized spacial score (nSPS) is 10.5. The van der Waals surface area contributed by atoms with Crippen LogP contribution in [0, 0.1) is 11.3 Å². The maximum absolute atomic E-state index is 11.9. The number of aromatic amines is 1. The van der Waals surface area contributed by atoms with Gasteiger partial charge in [-0.05, 0) is 29.6 Å². The summed E-state index contributed by atoms with van der Waals surface area (Å²) in [5.41, 5.74) is 2.15. The van der Waals surface area contributed by atoms with E-state index in [-0.39, 0.29) is 6.03 Å². The molecule has 0 fully saturated rings. The van der Waals surface area contributed by atoms with Gasteiger partial charge in [0, 0.05) is 4.88 Å². The predicted octanol–water partition coefficient (Wildman–Crippen LogP) is 2.66. The first-order valence-corrected chi connectivity index (χ1v) is 6.57. The minimum atomic E-state index is -0.203. The summed E-state index contributed by atoms with van der Waals surface area (Å²) in [4.78, 5) is 13.0. The molecule has 0 aliphatic heterocycles. The van der Waals surface area contributed by atoms with Gasteiger partial charge in [-0.1, -0.05) is 6.07 Å². The minimum absolute atomic E-state index is 0.203. The van der Waals surface area contributed by atoms with Crippen LogP contribution in [0.4, 0.5) is 4.79 Å². The standard InChI is InChI=1S/C13H10N4OS/c14-7-9-3-4-12-11(6-9)16-17(12)13(18)15-8-10-2-1-5-19-10/h1-6,16H,8H2,(H,15,18). The van der Waals surface area contributed by atoms with Crippen LogP contribution in [0.25, 0.3) is 11.0 Å². The second-order valence-corrected chi connectivity index (χ2v) is 5.06. The van der Waals surface area contributed by atoms with Crippen LogP contribution < -0.4 is 5.32 Å². The van der Waals surface area contributed by atoms with Gasteiger partial charge in [-0.25, -0.2) is 9.48 Å². The van der Waals surface area contributed by atoms with Gasteiger partial charge in [0.25, 0.3) is 0 Å². The van der Waals surface area contributed by atoms with Gasteiger partial charge < -0.3 is 5.32 Å². The maximum Gasteiger partial charge on any atom is 0.341 e. The summed E-state index contributed by atoms with van der Waals surface area (Å²) in [5, 5.41) is 16.5. The van der Waals surface area contributed by atoms with E-state index in [0.717, 1.165) is 15.9 Å². The molecule has 5 nitrogen and oxygen atoms in total. The predicted molar refractivity (Wildman–Crippen MR) is 73.0 cm³/mol. The van der Waals surface area contributed by atoms with Crippen molar-refractivity contribution in [2.45, 2.75) is 6.54 Å². The molecule has 0 saturated carbocycles. The van der Waals surface area contributed by atoms with Gasteiger partial charge in [-0.3, -0.25) is 5.10 Å². The summed E-state index contributed by atoms with van der Waals surface area (Å²) in [5.74, 6) is 0. The lowest BCUT2D eigenvalue weighted by atomic mass is 10.2. The van der Waals surface area contributed by atoms with Gasteiger partial charge in [0.05, 0.1) is 29.2 Å². The quantitative estimate of drug-likeness (QED) is 0.751. The molecule has 6 heteroatoms. The Kier molecular flexibility index (Phi) is 2.82. The van der Waals surface area contributed by atoms with Crippen LogP contribution in [0.1, 0.15) is 10.4 Å². The second kappa shape index (κ2) is 4.63. The molecule has 0 radical (unpaired) electrons. The van der Waals surface area contributed by atoms with E-state index in [1.165, 1.54) is 4.68 Å². The van der Waals surface area contributed by atoms with E-state index >= 15 is 0 Å². The van der Waals surface area contributed by atoms with Crippen molar-refractivity contribution in [3.05, 3.63) is 46.2 Å². The number of nitrogens with one attached hydrogen (secondary N) is 2. The minimum Gasteiger partial charge on any atom is -0.331 e. The average Bonchev–Trinajstić information content (AvgIpc) is 2.91. The molecule has 0 bridgehead atoms. The zero-order valence-corrected chi connectivity index (χ0v) is 10.7. The first kappa shape index (κ1) is 11.6. The summed E-state index contributed by atoms with van der Waals surface area (Å²) in [6, 6.07) is 11.0. The highest BCUT2D eigenvalue weighted by atomic mass is 32.1. The van der Waals surface area contributed by atoms with Gasteiger partial charge >= 0.3 is 6.03 Å². The van der Waals surface area contributed by atoms with Gasteiger partial charge in [0.2, 0.25) is 0 Å². The van der Waals surface area contributed by atoms with Gasteiger partial charge in [-0.2, -0.15) is 5.26 Å². The number of carbonyl (C=O) groups is 1. The molecule has 0 saturated heterocycles. The highest BCUT2D eigenvalue weighted by Gasteiger charge is 2.12. The zero-order chi connectivity index (χ0) is 13.2. The van der Waals surface area contributed by atoms with Crippen LogP contribution in [0.2, 0.25) is 0 Å². The molecule has 0 spiro atoms. The zero-order valence-electron chi connectivity index (χ0n) is 9.88. The number of aromatic nitrogens is 2. The smallest absolute Gasteiger partial charge is 0.331 e. The monoisotopic (exact) mass is 270 g/mol. The van der Waals surface area contributed by atoms with Crippen LogP contribution in [0.3, 0.4) is 0 Å². The fourth-order valence-corrected chi connectivity index (χ4v) is 2.48. The van der Waals surface area contributed by atoms with Crippen LogP contribution >= 0.6 is 11.3 Å². The number of carbonyl (C=O) groups excluding carboxylic acids is 1. The molecular formula is C13H10N4OS. The van der Waals surface area contributed by atoms with Crippen LogP contribution in [-0.2, 0) is 6.54 Å². The molecule has 19 heavy (non-hydrogen) atoms. The largest absolute Gasteiger partial charge is 0.341 e. The van der Waals surface area contributed by atoms with Gasteiger partial charge in [0.1, 0.15) is 0 Å². The number of hydrogen-bond acceptors (Lipinski definition) is 3. The van der Waals surface area contributed by atoms with Crippen molar-refractivity contribution < 1.29 is 4.79 Å². The number of hydrogen-bond donors (Lipinski definition) is 2. The molecule has 0 atom stereocenters. The molecule has 1 amide bonds. The number of nitrogens with zero attached hydrogens (tertiary/aromatic N) is 2. The number of H-pyrrole nitrogens is 1. The van der Waals surface area contributed by atoms with E-state index in [4.69, 9.17) is 5.26 Å². The Morgan fingerprint density at radius 2 is 2.37 bits per heavy atom. The summed E-state index contributed by atoms with van der Waals surface area (Å²) in [6.07, 6.45) is 0. The maximum atomic E-state index is 11.9. The molecule has 0 unspecified atom stereocenters. The first-order valence-electron chi connectivity index (χ1n) is 5.69. The summed E-state index contributed by atoms with van der Waals surface area (Å²) in [6.45, 7) is 0.514. The van der Waals surface area contributed by atoms with E-state index in [2.05, 4.69) is 16.5 Å². The summed E-state index contributed by atoms with van der Waals surface area (Å²) >= 11 is 1.60. The van der Waals surface area contributed by atoms with Crippen LogP contribution in [0.5, 0.6) is 0 Å². The fourth-order valence-electron chi connectivity index (χ4n) is 1.83. The van der Waals surface area contributed by atoms with Crippen molar-refractivity contribution in [2.75, 3.05) is 0 Å². The highest BCUT2D eigenvalue weighted by Crippen LogP contribution is 2.16. The molecule has 94 valence electrons. The molecule has 2 N–H and O–H groups in total. The number of benzene rings is 1. The Morgan fingerprint density at radius 1 is 1.47 bits per heavy atom. The lowest BCUT2D eigenvalue weighted by Gasteiger charge is -2.15. The van der Waals surface area contributed by atoms with E-state index in [0.29, 0.717) is 12.1 Å². The third-order valence-corrected chi connectivity index (χ3v) is 3.67. The Bertz CT molecular complexity index is 760. The molecule has 3 rings (SSSR count). The summed E-state index contributed by atoms with van der Waals surface area (Å²) < 4.78 is 1.43. The lowest BCUT2D eigenvalue weighted by molar-refractivity contribution is 0.239. The van der Waals surface area contributed by atoms with E-state index < -0.39 is 0 Å². The van der Waals surface area contributed by atoms with Crippen molar-refractivity contribution in [3.8, 4) is 6.07 Å². The van der Waals surface area contributed by atoms with Crippen LogP contribution in [0.15, 0.2) is 35.7 Å². The SMILES string of the molecule is N#Cc1ccc2c(c1)[nH]n2C(=O)NCc1cccs1. The Labute approximate surface area is 113 Å². The molecule has 2 heterocycles. The molecule has 3 aromatic rings. The molecule has 1 aromatic carbocycles. The molecular weight excluding hydrogens is 260 g/mol. The Morgan fingerprint density at radius 3 is 3.05 bits per heavy atom. The molecule has 0 aliphatic rings. The molecule has 2 aromatic heterocycles. The van der Waals surface area contributed by atoms with E-state index in [1.807, 2.05) is 17.5 Å². The Hall–Kier alpha value is -2.52. The van der Waals surface area contributed by atoms with Crippen molar-refractivity contribution in [1.82, 2.24) is 15.1 Å². The van der Waals surface area contributed by atoms with Crippen molar-refractivity contribution >= 4 is 28.4 Å². The topological polar surface area (TPSA) is 73.6 Å². The average molecular weight is 270 g/mol. The van der Waals surface area contributed by atoms with E-state index in [9.17, 15) is 4.79 Å². The Balaban J connectivity index is 1.74. The lowest BCUT2D eigenvalue weighted by Crippen LogP contribution is -2.31. The number of rotatable bonds is 2. The first-order chi connectivity index (χ1) is 9.28. The van der Waals surface area contributed by atoms with Crippen LogP contribution in [-0.4, -0.2) is 15.8 Å². The number of nitriles is 1. The van der Waals surface area contributed by atoms with Crippen molar-refractivity contribution in [3.63, 3.8) is 0 Å². The summed E-state index contributed by atoms with van der Waals surface area (Å²) in [7, 11) is 0. The number of thiophene rings is 1. The number of fused-ring (bicyclic) bond motifs is 1. The fraction of sp³-hybridized carbons (Fsp3) is 0.0769. The number of amides is 1. The van der Waals surface area contributed by atoms with Crippen molar-refractivity contribution in [1.29, 1.82) is 5.26 Å². The van der Waals surface area contributed by atoms with Gasteiger partial charge in [0.15, 0.2) is 0 Å². The van der Waals surface area contributed by atoms with Gasteiger partial charge in [-0.15, -0.1) is 11.3 Å².